The Hall–Kier alpha value is -2.12. The lowest BCUT2D eigenvalue weighted by atomic mass is 10.0. The van der Waals surface area contributed by atoms with Gasteiger partial charge in [-0.1, -0.05) is 42.5 Å². The van der Waals surface area contributed by atoms with Crippen molar-refractivity contribution in [1.82, 2.24) is 0 Å². The van der Waals surface area contributed by atoms with Crippen molar-refractivity contribution in [3.05, 3.63) is 65.7 Å². The summed E-state index contributed by atoms with van der Waals surface area (Å²) in [5.74, 6) is -3.00. The van der Waals surface area contributed by atoms with Crippen LogP contribution in [0.15, 0.2) is 54.6 Å². The van der Waals surface area contributed by atoms with E-state index in [1.807, 2.05) is 59.5 Å². The Morgan fingerprint density at radius 3 is 2.26 bits per heavy atom. The van der Waals surface area contributed by atoms with Crippen molar-refractivity contribution in [1.29, 1.82) is 0 Å². The normalized spacial score (nSPS) is 26.8. The fraction of sp³-hybridized carbons (Fsp3) is 0.536. The highest BCUT2D eigenvalue weighted by atomic mass is 32.2. The Morgan fingerprint density at radius 2 is 1.69 bits per heavy atom. The summed E-state index contributed by atoms with van der Waals surface area (Å²) in [4.78, 5) is 15.1. The number of nitrogens with zero attached hydrogens (tertiary/aromatic N) is 1. The highest BCUT2D eigenvalue weighted by Gasteiger charge is 2.72. The molecule has 1 heterocycles. The van der Waals surface area contributed by atoms with Crippen LogP contribution in [0.25, 0.3) is 0 Å². The summed E-state index contributed by atoms with van der Waals surface area (Å²) in [6.07, 6.45) is 1.90. The first-order valence-corrected chi connectivity index (χ1v) is 14.0. The van der Waals surface area contributed by atoms with Crippen molar-refractivity contribution in [2.24, 2.45) is 5.92 Å². The Labute approximate surface area is 210 Å². The molecule has 2 fully saturated rings. The summed E-state index contributed by atoms with van der Waals surface area (Å²) in [6, 6.07) is 17.1. The van der Waals surface area contributed by atoms with E-state index in [9.17, 15) is 18.7 Å². The summed E-state index contributed by atoms with van der Waals surface area (Å²) in [5, 5.41) is 11.6. The van der Waals surface area contributed by atoms with Crippen LogP contribution >= 0.6 is 0 Å². The number of hydrogen-bond donors (Lipinski definition) is 1. The number of hydrogen-bond acceptors (Lipinski definition) is 4. The van der Waals surface area contributed by atoms with Crippen molar-refractivity contribution in [2.45, 2.75) is 62.4 Å². The number of aliphatic hydroxyl groups is 1. The van der Waals surface area contributed by atoms with Gasteiger partial charge in [0.05, 0.1) is 12.2 Å². The van der Waals surface area contributed by atoms with Gasteiger partial charge >= 0.3 is 5.97 Å². The summed E-state index contributed by atoms with van der Waals surface area (Å²) in [5.41, 5.74) is 1.09. The zero-order valence-corrected chi connectivity index (χ0v) is 21.8. The molecule has 3 unspecified atom stereocenters. The number of benzene rings is 2. The number of carbonyl (C=O) groups is 1. The maximum Gasteiger partial charge on any atom is 0.339 e. The second kappa shape index (κ2) is 9.74. The minimum atomic E-state index is -2.58. The maximum absolute atomic E-state index is 13.5. The lowest BCUT2D eigenvalue weighted by Crippen LogP contribution is -2.39. The van der Waals surface area contributed by atoms with Crippen molar-refractivity contribution in [2.75, 3.05) is 30.0 Å². The van der Waals surface area contributed by atoms with Gasteiger partial charge in [0, 0.05) is 37.5 Å². The van der Waals surface area contributed by atoms with E-state index in [2.05, 4.69) is 27.0 Å². The fourth-order valence-electron chi connectivity index (χ4n) is 4.78. The molecule has 1 N–H and O–H groups in total. The van der Waals surface area contributed by atoms with Crippen LogP contribution in [0.5, 0.6) is 0 Å². The van der Waals surface area contributed by atoms with Gasteiger partial charge in [-0.15, -0.1) is 0 Å². The fourth-order valence-corrected chi connectivity index (χ4v) is 6.26. The van der Waals surface area contributed by atoms with Crippen LogP contribution in [0, 0.1) is 5.92 Å². The number of esters is 1. The van der Waals surface area contributed by atoms with Crippen LogP contribution in [0.3, 0.4) is 0 Å². The van der Waals surface area contributed by atoms with Crippen molar-refractivity contribution in [3.63, 3.8) is 0 Å². The number of carbonyl (C=O) groups excluding carboxylic acids is 1. The molecule has 1 saturated carbocycles. The Kier molecular flexibility index (Phi) is 7.22. The average molecular weight is 505 g/mol. The summed E-state index contributed by atoms with van der Waals surface area (Å²) >= 11 is 0. The molecule has 2 aromatic rings. The summed E-state index contributed by atoms with van der Waals surface area (Å²) in [6.45, 7) is 7.29. The molecule has 0 amide bonds. The molecule has 2 aromatic carbocycles. The molecule has 0 aromatic heterocycles. The second-order valence-corrected chi connectivity index (χ2v) is 13.7. The van der Waals surface area contributed by atoms with Gasteiger partial charge in [0.15, 0.2) is 5.60 Å². The van der Waals surface area contributed by atoms with Gasteiger partial charge in [0.2, 0.25) is 0 Å². The maximum atomic E-state index is 13.5. The highest BCUT2D eigenvalue weighted by Crippen LogP contribution is 2.59. The lowest BCUT2D eigenvalue weighted by molar-refractivity contribution is -0.158. The predicted molar refractivity (Wildman–Crippen MR) is 138 cm³/mol. The van der Waals surface area contributed by atoms with Crippen LogP contribution in [-0.4, -0.2) is 52.4 Å². The van der Waals surface area contributed by atoms with E-state index in [1.54, 1.807) is 0 Å². The van der Waals surface area contributed by atoms with Gasteiger partial charge in [-0.05, 0) is 54.9 Å². The SMILES string of the molecule is C[S+](CC1[C@H](c2ccc(N3CCC(F)(F)CC3)cc2)C1(O)C(=O)OCc1ccccc1)C(C)(C)C. The summed E-state index contributed by atoms with van der Waals surface area (Å²) < 4.78 is 32.7. The topological polar surface area (TPSA) is 49.8 Å². The van der Waals surface area contributed by atoms with Crippen molar-refractivity contribution >= 4 is 22.6 Å². The molecular weight excluding hydrogens is 468 g/mol. The molecule has 190 valence electrons. The molecule has 4 rings (SSSR count). The van der Waals surface area contributed by atoms with Gasteiger partial charge in [0.1, 0.15) is 17.1 Å². The standard InChI is InChI=1S/C28H36F2NO3S/c1-26(2,3)35(4)19-23-24(28(23,33)25(32)34-18-20-8-6-5-7-9-20)21-10-12-22(13-11-21)31-16-14-27(29,30)15-17-31/h5-13,23-24,33H,14-19H2,1-4H3/q+1/t23?,24-,28?,35?/m0/s1. The van der Waals surface area contributed by atoms with Crippen LogP contribution in [-0.2, 0) is 27.0 Å². The molecule has 0 radical (unpaired) electrons. The van der Waals surface area contributed by atoms with Gasteiger partial charge in [-0.2, -0.15) is 0 Å². The number of ether oxygens (including phenoxy) is 1. The number of anilines is 1. The average Bonchev–Trinajstić information content (AvgIpc) is 3.42. The first-order chi connectivity index (χ1) is 16.4. The Balaban J connectivity index is 1.50. The van der Waals surface area contributed by atoms with Gasteiger partial charge in [-0.25, -0.2) is 13.6 Å². The molecule has 4 atom stereocenters. The summed E-state index contributed by atoms with van der Waals surface area (Å²) in [7, 11) is -0.0152. The zero-order valence-electron chi connectivity index (χ0n) is 21.0. The molecule has 2 aliphatic rings. The van der Waals surface area contributed by atoms with E-state index >= 15 is 0 Å². The molecule has 1 saturated heterocycles. The molecule has 35 heavy (non-hydrogen) atoms. The second-order valence-electron chi connectivity index (χ2n) is 10.8. The predicted octanol–water partition coefficient (Wildman–Crippen LogP) is 5.16. The van der Waals surface area contributed by atoms with Crippen LogP contribution in [0.2, 0.25) is 0 Å². The zero-order chi connectivity index (χ0) is 25.4. The largest absolute Gasteiger partial charge is 0.459 e. The van der Waals surface area contributed by atoms with E-state index in [0.717, 1.165) is 22.6 Å². The first-order valence-electron chi connectivity index (χ1n) is 12.2. The number of halogens is 2. The molecule has 4 nitrogen and oxygen atoms in total. The van der Waals surface area contributed by atoms with E-state index < -0.39 is 17.5 Å². The number of rotatable bonds is 7. The van der Waals surface area contributed by atoms with Crippen LogP contribution in [0.1, 0.15) is 50.7 Å². The smallest absolute Gasteiger partial charge is 0.339 e. The Morgan fingerprint density at radius 1 is 1.09 bits per heavy atom. The van der Waals surface area contributed by atoms with Gasteiger partial charge in [0.25, 0.3) is 5.92 Å². The molecular formula is C28H36F2NO3S+. The van der Waals surface area contributed by atoms with Crippen LogP contribution in [0.4, 0.5) is 14.5 Å². The minimum Gasteiger partial charge on any atom is -0.459 e. The molecule has 1 aliphatic heterocycles. The number of alkyl halides is 2. The van der Waals surface area contributed by atoms with Gasteiger partial charge < -0.3 is 14.7 Å². The van der Waals surface area contributed by atoms with Crippen molar-refractivity contribution in [3.8, 4) is 0 Å². The van der Waals surface area contributed by atoms with Crippen molar-refractivity contribution < 1.29 is 23.4 Å². The molecule has 1 aliphatic carbocycles. The Bertz CT molecular complexity index is 1010. The lowest BCUT2D eigenvalue weighted by Gasteiger charge is -2.33. The van der Waals surface area contributed by atoms with E-state index in [1.165, 1.54) is 0 Å². The van der Waals surface area contributed by atoms with E-state index in [-0.39, 0.29) is 46.9 Å². The minimum absolute atomic E-state index is 0.0152. The third-order valence-corrected chi connectivity index (χ3v) is 10.4. The highest BCUT2D eigenvalue weighted by molar-refractivity contribution is 7.97. The molecule has 0 spiro atoms. The van der Waals surface area contributed by atoms with Gasteiger partial charge in [-0.3, -0.25) is 0 Å². The van der Waals surface area contributed by atoms with E-state index in [0.29, 0.717) is 13.1 Å². The third kappa shape index (κ3) is 5.67. The molecule has 0 bridgehead atoms. The van der Waals surface area contributed by atoms with E-state index in [4.69, 9.17) is 4.74 Å². The number of piperidine rings is 1. The quantitative estimate of drug-likeness (QED) is 0.418. The molecule has 7 heteroatoms. The monoisotopic (exact) mass is 504 g/mol. The third-order valence-electron chi connectivity index (χ3n) is 7.46. The van der Waals surface area contributed by atoms with Crippen LogP contribution < -0.4 is 4.90 Å². The first kappa shape index (κ1) is 26.0.